The zero-order valence-electron chi connectivity index (χ0n) is 9.70. The lowest BCUT2D eigenvalue weighted by molar-refractivity contribution is 0.101. The Morgan fingerprint density at radius 3 is 2.58 bits per heavy atom. The molecular formula is C12H10BrN3O2S. The lowest BCUT2D eigenvalue weighted by Gasteiger charge is -2.05. The second-order valence-electron chi connectivity index (χ2n) is 3.79. The lowest BCUT2D eigenvalue weighted by Crippen LogP contribution is -2.17. The molecule has 1 aromatic carbocycles. The van der Waals surface area contributed by atoms with Crippen LogP contribution in [0.3, 0.4) is 0 Å². The van der Waals surface area contributed by atoms with E-state index in [0.29, 0.717) is 11.4 Å². The van der Waals surface area contributed by atoms with Gasteiger partial charge in [0.25, 0.3) is 5.56 Å². The van der Waals surface area contributed by atoms with Gasteiger partial charge in [-0.3, -0.25) is 14.6 Å². The van der Waals surface area contributed by atoms with Gasteiger partial charge in [0, 0.05) is 16.1 Å². The third-order valence-corrected chi connectivity index (χ3v) is 3.10. The molecule has 1 heterocycles. The topological polar surface area (TPSA) is 77.8 Å². The monoisotopic (exact) mass is 339 g/mol. The summed E-state index contributed by atoms with van der Waals surface area (Å²) < 4.78 is 1.13. The third kappa shape index (κ3) is 3.87. The fourth-order valence-corrected chi connectivity index (χ4v) is 1.95. The van der Waals surface area contributed by atoms with E-state index >= 15 is 0 Å². The average molecular weight is 340 g/mol. The largest absolute Gasteiger partial charge is 0.364 e. The average Bonchev–Trinajstić information content (AvgIpc) is 2.36. The number of aromatic amines is 2. The van der Waals surface area contributed by atoms with Crippen molar-refractivity contribution in [2.45, 2.75) is 0 Å². The van der Waals surface area contributed by atoms with E-state index in [1.807, 2.05) is 0 Å². The molecule has 0 aliphatic carbocycles. The Morgan fingerprint density at radius 1 is 1.26 bits per heavy atom. The van der Waals surface area contributed by atoms with Crippen molar-refractivity contribution in [2.75, 3.05) is 11.9 Å². The lowest BCUT2D eigenvalue weighted by atomic mass is 10.1. The first kappa shape index (κ1) is 13.7. The maximum Gasteiger partial charge on any atom is 0.253 e. The Balaban J connectivity index is 2.06. The first-order chi connectivity index (χ1) is 9.04. The number of rotatable bonds is 4. The SMILES string of the molecule is O=C(CNc1cc(=O)[nH]c(=S)[nH]1)c1ccc(Br)cc1. The maximum absolute atomic E-state index is 11.9. The molecule has 0 atom stereocenters. The normalized spacial score (nSPS) is 10.2. The molecule has 0 unspecified atom stereocenters. The van der Waals surface area contributed by atoms with E-state index in [1.54, 1.807) is 24.3 Å². The second kappa shape index (κ2) is 5.94. The zero-order chi connectivity index (χ0) is 13.8. The van der Waals surface area contributed by atoms with Crippen LogP contribution >= 0.6 is 28.1 Å². The predicted molar refractivity (Wildman–Crippen MR) is 79.2 cm³/mol. The van der Waals surface area contributed by atoms with Crippen molar-refractivity contribution in [2.24, 2.45) is 0 Å². The molecule has 7 heteroatoms. The van der Waals surface area contributed by atoms with Gasteiger partial charge in [-0.1, -0.05) is 28.1 Å². The van der Waals surface area contributed by atoms with Crippen LogP contribution in [0, 0.1) is 4.77 Å². The molecule has 98 valence electrons. The van der Waals surface area contributed by atoms with E-state index < -0.39 is 0 Å². The highest BCUT2D eigenvalue weighted by Crippen LogP contribution is 2.11. The number of hydrogen-bond donors (Lipinski definition) is 3. The van der Waals surface area contributed by atoms with Gasteiger partial charge in [0.1, 0.15) is 5.82 Å². The van der Waals surface area contributed by atoms with Gasteiger partial charge in [-0.2, -0.15) is 0 Å². The van der Waals surface area contributed by atoms with Gasteiger partial charge in [-0.25, -0.2) is 0 Å². The van der Waals surface area contributed by atoms with E-state index in [0.717, 1.165) is 4.47 Å². The van der Waals surface area contributed by atoms with Gasteiger partial charge >= 0.3 is 0 Å². The van der Waals surface area contributed by atoms with Crippen LogP contribution in [-0.2, 0) is 0 Å². The van der Waals surface area contributed by atoms with E-state index in [1.165, 1.54) is 6.07 Å². The minimum absolute atomic E-state index is 0.0768. The fourth-order valence-electron chi connectivity index (χ4n) is 1.48. The molecule has 0 radical (unpaired) electrons. The van der Waals surface area contributed by atoms with Gasteiger partial charge < -0.3 is 10.3 Å². The number of anilines is 1. The van der Waals surface area contributed by atoms with Crippen LogP contribution in [0.15, 0.2) is 39.6 Å². The van der Waals surface area contributed by atoms with Gasteiger partial charge in [-0.15, -0.1) is 0 Å². The number of aromatic nitrogens is 2. The summed E-state index contributed by atoms with van der Waals surface area (Å²) in [5.41, 5.74) is 0.279. The van der Waals surface area contributed by atoms with Crippen molar-refractivity contribution < 1.29 is 4.79 Å². The van der Waals surface area contributed by atoms with Crippen LogP contribution in [0.5, 0.6) is 0 Å². The van der Waals surface area contributed by atoms with Crippen molar-refractivity contribution in [3.8, 4) is 0 Å². The Hall–Kier alpha value is -1.73. The van der Waals surface area contributed by atoms with E-state index in [4.69, 9.17) is 12.2 Å². The Morgan fingerprint density at radius 2 is 1.95 bits per heavy atom. The standard InChI is InChI=1S/C12H10BrN3O2S/c13-8-3-1-7(2-4-8)9(17)6-14-10-5-11(18)16-12(19)15-10/h1-5H,6H2,(H3,14,15,16,18,19). The van der Waals surface area contributed by atoms with E-state index in [9.17, 15) is 9.59 Å². The number of nitrogens with one attached hydrogen (secondary N) is 3. The number of halogens is 1. The highest BCUT2D eigenvalue weighted by atomic mass is 79.9. The highest BCUT2D eigenvalue weighted by Gasteiger charge is 2.05. The molecule has 5 nitrogen and oxygen atoms in total. The second-order valence-corrected chi connectivity index (χ2v) is 5.11. The third-order valence-electron chi connectivity index (χ3n) is 2.37. The van der Waals surface area contributed by atoms with Crippen molar-refractivity contribution in [3.63, 3.8) is 0 Å². The summed E-state index contributed by atoms with van der Waals surface area (Å²) in [6.45, 7) is 0.0797. The molecule has 3 N–H and O–H groups in total. The molecule has 0 saturated heterocycles. The predicted octanol–water partition coefficient (Wildman–Crippen LogP) is 2.49. The van der Waals surface area contributed by atoms with Crippen LogP contribution < -0.4 is 10.9 Å². The van der Waals surface area contributed by atoms with Gasteiger partial charge in [0.15, 0.2) is 10.6 Å². The Labute approximate surface area is 122 Å². The van der Waals surface area contributed by atoms with Crippen molar-refractivity contribution >= 4 is 39.7 Å². The van der Waals surface area contributed by atoms with Gasteiger partial charge in [0.05, 0.1) is 6.54 Å². The minimum atomic E-state index is -0.317. The summed E-state index contributed by atoms with van der Waals surface area (Å²) in [7, 11) is 0. The van der Waals surface area contributed by atoms with Crippen LogP contribution in [0.4, 0.5) is 5.82 Å². The first-order valence-electron chi connectivity index (χ1n) is 5.41. The summed E-state index contributed by atoms with van der Waals surface area (Å²) in [5, 5.41) is 2.84. The Kier molecular flexibility index (Phi) is 4.28. The summed E-state index contributed by atoms with van der Waals surface area (Å²) >= 11 is 8.14. The molecule has 0 aliphatic rings. The molecule has 0 fully saturated rings. The number of benzene rings is 1. The van der Waals surface area contributed by atoms with Crippen LogP contribution in [0.1, 0.15) is 10.4 Å². The van der Waals surface area contributed by atoms with Crippen LogP contribution in [-0.4, -0.2) is 22.3 Å². The van der Waals surface area contributed by atoms with Gasteiger partial charge in [0.2, 0.25) is 0 Å². The summed E-state index contributed by atoms with van der Waals surface area (Å²) in [6, 6.07) is 8.37. The maximum atomic E-state index is 11.9. The number of carbonyl (C=O) groups is 1. The Bertz CT molecular complexity index is 678. The molecule has 19 heavy (non-hydrogen) atoms. The van der Waals surface area contributed by atoms with Crippen molar-refractivity contribution in [1.82, 2.24) is 9.97 Å². The molecule has 0 spiro atoms. The van der Waals surface area contributed by atoms with Crippen LogP contribution in [0.25, 0.3) is 0 Å². The summed E-state index contributed by atoms with van der Waals surface area (Å²) in [6.07, 6.45) is 0. The molecule has 1 aromatic heterocycles. The number of H-pyrrole nitrogens is 2. The summed E-state index contributed by atoms with van der Waals surface area (Å²) in [4.78, 5) is 28.2. The van der Waals surface area contributed by atoms with Crippen LogP contribution in [0.2, 0.25) is 0 Å². The van der Waals surface area contributed by atoms with E-state index in [2.05, 4.69) is 31.2 Å². The number of ketones is 1. The molecule has 0 aliphatic heterocycles. The number of Topliss-reactive ketones (excluding diaryl/α,β-unsaturated/α-hetero) is 1. The van der Waals surface area contributed by atoms with Crippen molar-refractivity contribution in [3.05, 3.63) is 55.5 Å². The molecule has 0 amide bonds. The number of carbonyl (C=O) groups excluding carboxylic acids is 1. The van der Waals surface area contributed by atoms with Gasteiger partial charge in [-0.05, 0) is 24.4 Å². The molecule has 0 bridgehead atoms. The van der Waals surface area contributed by atoms with E-state index in [-0.39, 0.29) is 22.7 Å². The molecule has 2 aromatic rings. The summed E-state index contributed by atoms with van der Waals surface area (Å²) in [5.74, 6) is 0.339. The number of hydrogen-bond acceptors (Lipinski definition) is 4. The first-order valence-corrected chi connectivity index (χ1v) is 6.61. The minimum Gasteiger partial charge on any atom is -0.364 e. The smallest absolute Gasteiger partial charge is 0.253 e. The molecule has 0 saturated carbocycles. The quantitative estimate of drug-likeness (QED) is 0.590. The fraction of sp³-hybridized carbons (Fsp3) is 0.0833. The molecule has 2 rings (SSSR count). The molecular weight excluding hydrogens is 330 g/mol. The highest BCUT2D eigenvalue weighted by molar-refractivity contribution is 9.10. The zero-order valence-corrected chi connectivity index (χ0v) is 12.1. The van der Waals surface area contributed by atoms with Crippen molar-refractivity contribution in [1.29, 1.82) is 0 Å².